The van der Waals surface area contributed by atoms with Crippen LogP contribution in [0, 0.1) is 6.92 Å². The number of carbonyl (C=O) groups is 2. The van der Waals surface area contributed by atoms with Crippen LogP contribution in [0.2, 0.25) is 0 Å². The molecule has 0 bridgehead atoms. The predicted molar refractivity (Wildman–Crippen MR) is 129 cm³/mol. The van der Waals surface area contributed by atoms with E-state index < -0.39 is 0 Å². The fourth-order valence-corrected chi connectivity index (χ4v) is 4.70. The van der Waals surface area contributed by atoms with Gasteiger partial charge in [0.2, 0.25) is 5.91 Å². The average Bonchev–Trinajstić information content (AvgIpc) is 3.30. The lowest BCUT2D eigenvalue weighted by Crippen LogP contribution is -2.53. The van der Waals surface area contributed by atoms with Crippen LogP contribution in [-0.2, 0) is 17.8 Å². The Morgan fingerprint density at radius 3 is 2.42 bits per heavy atom. The van der Waals surface area contributed by atoms with Gasteiger partial charge in [0.15, 0.2) is 0 Å². The van der Waals surface area contributed by atoms with Gasteiger partial charge in [0.05, 0.1) is 6.42 Å². The Hall–Kier alpha value is -3.19. The van der Waals surface area contributed by atoms with Crippen LogP contribution in [0.25, 0.3) is 0 Å². The zero-order valence-corrected chi connectivity index (χ0v) is 19.6. The Kier molecular flexibility index (Phi) is 7.73. The zero-order chi connectivity index (χ0) is 23.0. The van der Waals surface area contributed by atoms with Gasteiger partial charge < -0.3 is 15.4 Å². The van der Waals surface area contributed by atoms with Gasteiger partial charge in [0.25, 0.3) is 5.91 Å². The Balaban J connectivity index is 1.30. The highest BCUT2D eigenvalue weighted by molar-refractivity contribution is 7.09. The van der Waals surface area contributed by atoms with Crippen molar-refractivity contribution in [3.8, 4) is 5.75 Å². The molecule has 0 aliphatic heterocycles. The monoisotopic (exact) mass is 463 g/mol. The van der Waals surface area contributed by atoms with E-state index in [1.54, 1.807) is 5.38 Å². The molecule has 7 heteroatoms. The number of ether oxygens (including phenoxy) is 1. The summed E-state index contributed by atoms with van der Waals surface area (Å²) in [5, 5.41) is 8.73. The van der Waals surface area contributed by atoms with E-state index in [1.807, 2.05) is 61.5 Å². The number of hydrogen-bond donors (Lipinski definition) is 2. The lowest BCUT2D eigenvalue weighted by Gasteiger charge is -2.32. The Labute approximate surface area is 198 Å². The molecule has 0 spiro atoms. The number of rotatable bonds is 8. The molecule has 2 amide bonds. The van der Waals surface area contributed by atoms with Crippen LogP contribution in [-0.4, -0.2) is 28.9 Å². The van der Waals surface area contributed by atoms with Crippen molar-refractivity contribution in [1.29, 1.82) is 0 Å². The topological polar surface area (TPSA) is 80.3 Å². The third kappa shape index (κ3) is 6.65. The summed E-state index contributed by atoms with van der Waals surface area (Å²) in [6.07, 6.45) is 4.12. The second-order valence-electron chi connectivity index (χ2n) is 8.43. The highest BCUT2D eigenvalue weighted by Crippen LogP contribution is 2.20. The molecule has 2 atom stereocenters. The second-order valence-corrected chi connectivity index (χ2v) is 9.37. The molecule has 0 unspecified atom stereocenters. The van der Waals surface area contributed by atoms with Crippen LogP contribution in [0.4, 0.5) is 0 Å². The van der Waals surface area contributed by atoms with Crippen LogP contribution < -0.4 is 15.4 Å². The minimum Gasteiger partial charge on any atom is -0.486 e. The molecule has 1 aliphatic rings. The van der Waals surface area contributed by atoms with E-state index in [4.69, 9.17) is 4.74 Å². The first-order chi connectivity index (χ1) is 16.1. The third-order valence-electron chi connectivity index (χ3n) is 5.80. The van der Waals surface area contributed by atoms with Gasteiger partial charge in [-0.15, -0.1) is 11.3 Å². The predicted octanol–water partition coefficient (Wildman–Crippen LogP) is 4.43. The van der Waals surface area contributed by atoms with Crippen LogP contribution in [0.5, 0.6) is 5.75 Å². The maximum Gasteiger partial charge on any atom is 0.271 e. The van der Waals surface area contributed by atoms with Gasteiger partial charge >= 0.3 is 0 Å². The summed E-state index contributed by atoms with van der Waals surface area (Å²) in [6.45, 7) is 2.35. The largest absolute Gasteiger partial charge is 0.486 e. The minimum absolute atomic E-state index is 0.0171. The summed E-state index contributed by atoms with van der Waals surface area (Å²) >= 11 is 1.41. The lowest BCUT2D eigenvalue weighted by molar-refractivity contribution is -0.121. The maximum atomic E-state index is 12.8. The van der Waals surface area contributed by atoms with Crippen molar-refractivity contribution in [2.75, 3.05) is 0 Å². The third-order valence-corrected chi connectivity index (χ3v) is 6.63. The molecule has 3 aromatic rings. The molecule has 4 rings (SSSR count). The molecule has 0 saturated heterocycles. The molecule has 1 fully saturated rings. The van der Waals surface area contributed by atoms with Gasteiger partial charge in [0.1, 0.15) is 23.1 Å². The highest BCUT2D eigenvalue weighted by Gasteiger charge is 2.28. The highest BCUT2D eigenvalue weighted by atomic mass is 32.1. The van der Waals surface area contributed by atoms with E-state index >= 15 is 0 Å². The minimum atomic E-state index is -0.206. The zero-order valence-electron chi connectivity index (χ0n) is 18.8. The maximum absolute atomic E-state index is 12.8. The molecule has 0 radical (unpaired) electrons. The summed E-state index contributed by atoms with van der Waals surface area (Å²) < 4.78 is 5.77. The quantitative estimate of drug-likeness (QED) is 0.518. The van der Waals surface area contributed by atoms with Crippen LogP contribution in [0.3, 0.4) is 0 Å². The smallest absolute Gasteiger partial charge is 0.271 e. The van der Waals surface area contributed by atoms with E-state index in [0.29, 0.717) is 18.7 Å². The molecular weight excluding hydrogens is 434 g/mol. The van der Waals surface area contributed by atoms with Crippen molar-refractivity contribution in [2.24, 2.45) is 0 Å². The van der Waals surface area contributed by atoms with E-state index in [9.17, 15) is 9.59 Å². The van der Waals surface area contributed by atoms with Gasteiger partial charge in [-0.1, -0.05) is 60.9 Å². The summed E-state index contributed by atoms with van der Waals surface area (Å²) in [4.78, 5) is 29.8. The molecule has 1 aromatic heterocycles. The van der Waals surface area contributed by atoms with Crippen molar-refractivity contribution in [3.63, 3.8) is 0 Å². The van der Waals surface area contributed by atoms with Crippen molar-refractivity contribution in [3.05, 3.63) is 81.8 Å². The van der Waals surface area contributed by atoms with Crippen molar-refractivity contribution in [1.82, 2.24) is 15.6 Å². The number of thiazole rings is 1. The normalized spacial score (nSPS) is 17.8. The Morgan fingerprint density at radius 2 is 1.70 bits per heavy atom. The van der Waals surface area contributed by atoms with Crippen LogP contribution in [0.1, 0.15) is 52.3 Å². The summed E-state index contributed by atoms with van der Waals surface area (Å²) in [5.41, 5.74) is 2.55. The first-order valence-electron chi connectivity index (χ1n) is 11.3. The van der Waals surface area contributed by atoms with Crippen LogP contribution >= 0.6 is 11.3 Å². The molecule has 1 aliphatic carbocycles. The SMILES string of the molecule is Cc1ccc(OCc2nc(C(=O)N[C@H]3CCCC[C@H]3NC(=O)Cc3ccccc3)cs2)cc1. The van der Waals surface area contributed by atoms with Gasteiger partial charge in [0, 0.05) is 17.5 Å². The van der Waals surface area contributed by atoms with E-state index in [0.717, 1.165) is 42.0 Å². The standard InChI is InChI=1S/C26H29N3O3S/c1-18-11-13-20(14-12-18)32-16-25-28-23(17-33-25)26(31)29-22-10-6-5-9-21(22)27-24(30)15-19-7-3-2-4-8-19/h2-4,7-8,11-14,17,21-22H,5-6,9-10,15-16H2,1H3,(H,27,30)(H,29,31)/t21-,22+/m1/s1. The number of hydrogen-bond acceptors (Lipinski definition) is 5. The Bertz CT molecular complexity index is 1070. The van der Waals surface area contributed by atoms with E-state index in [2.05, 4.69) is 15.6 Å². The number of nitrogens with one attached hydrogen (secondary N) is 2. The number of aromatic nitrogens is 1. The molecular formula is C26H29N3O3S. The first-order valence-corrected chi connectivity index (χ1v) is 12.2. The molecule has 2 N–H and O–H groups in total. The van der Waals surface area contributed by atoms with E-state index in [1.165, 1.54) is 16.9 Å². The summed E-state index contributed by atoms with van der Waals surface area (Å²) in [6, 6.07) is 17.4. The average molecular weight is 464 g/mol. The summed E-state index contributed by atoms with van der Waals surface area (Å²) in [7, 11) is 0. The number of aryl methyl sites for hydroxylation is 1. The van der Waals surface area contributed by atoms with Gasteiger partial charge in [-0.25, -0.2) is 4.98 Å². The van der Waals surface area contributed by atoms with Crippen molar-refractivity contribution >= 4 is 23.2 Å². The number of carbonyl (C=O) groups excluding carboxylic acids is 2. The van der Waals surface area contributed by atoms with Gasteiger partial charge in [-0.05, 0) is 37.5 Å². The molecule has 2 aromatic carbocycles. The second kappa shape index (κ2) is 11.1. The fourth-order valence-electron chi connectivity index (χ4n) is 4.02. The van der Waals surface area contributed by atoms with Gasteiger partial charge in [-0.2, -0.15) is 0 Å². The molecule has 6 nitrogen and oxygen atoms in total. The van der Waals surface area contributed by atoms with E-state index in [-0.39, 0.29) is 23.9 Å². The first kappa shape index (κ1) is 23.0. The molecule has 172 valence electrons. The number of amides is 2. The van der Waals surface area contributed by atoms with Crippen molar-refractivity contribution in [2.45, 2.75) is 57.7 Å². The molecule has 33 heavy (non-hydrogen) atoms. The number of nitrogens with zero attached hydrogens (tertiary/aromatic N) is 1. The lowest BCUT2D eigenvalue weighted by atomic mass is 9.90. The Morgan fingerprint density at radius 1 is 1.00 bits per heavy atom. The van der Waals surface area contributed by atoms with Gasteiger partial charge in [-0.3, -0.25) is 9.59 Å². The van der Waals surface area contributed by atoms with Crippen molar-refractivity contribution < 1.29 is 14.3 Å². The molecule has 1 saturated carbocycles. The fraction of sp³-hybridized carbons (Fsp3) is 0.346. The number of benzene rings is 2. The molecule has 1 heterocycles. The van der Waals surface area contributed by atoms with Crippen LogP contribution in [0.15, 0.2) is 60.0 Å². The summed E-state index contributed by atoms with van der Waals surface area (Å²) in [5.74, 6) is 0.552.